The Labute approximate surface area is 135 Å². The maximum Gasteiger partial charge on any atom is 0.321 e. The van der Waals surface area contributed by atoms with Crippen LogP contribution >= 0.6 is 0 Å². The average Bonchev–Trinajstić information content (AvgIpc) is 3.29. The molecule has 1 unspecified atom stereocenters. The molecule has 2 aromatic rings. The predicted octanol–water partition coefficient (Wildman–Crippen LogP) is 2.32. The number of aliphatic hydroxyl groups is 1. The minimum absolute atomic E-state index is 0.221. The summed E-state index contributed by atoms with van der Waals surface area (Å²) >= 11 is 0. The molecule has 0 bridgehead atoms. The summed E-state index contributed by atoms with van der Waals surface area (Å²) in [4.78, 5) is 18.1. The first-order valence-electron chi connectivity index (χ1n) is 7.82. The fourth-order valence-electron chi connectivity index (χ4n) is 2.59. The van der Waals surface area contributed by atoms with E-state index < -0.39 is 6.10 Å². The number of imidazole rings is 1. The largest absolute Gasteiger partial charge is 0.391 e. The minimum Gasteiger partial charge on any atom is -0.391 e. The second-order valence-corrected chi connectivity index (χ2v) is 6.16. The van der Waals surface area contributed by atoms with Gasteiger partial charge in [0.1, 0.15) is 5.82 Å². The Balaban J connectivity index is 1.65. The summed E-state index contributed by atoms with van der Waals surface area (Å²) in [6, 6.07) is 7.36. The molecular weight excluding hydrogens is 292 g/mol. The van der Waals surface area contributed by atoms with Crippen LogP contribution in [0.25, 0.3) is 11.4 Å². The number of carbonyl (C=O) groups is 1. The van der Waals surface area contributed by atoms with E-state index in [4.69, 9.17) is 0 Å². The van der Waals surface area contributed by atoms with E-state index in [1.807, 2.05) is 42.1 Å². The third kappa shape index (κ3) is 3.71. The van der Waals surface area contributed by atoms with Crippen LogP contribution in [0.1, 0.15) is 12.8 Å². The van der Waals surface area contributed by atoms with E-state index in [9.17, 15) is 9.90 Å². The van der Waals surface area contributed by atoms with Gasteiger partial charge in [-0.15, -0.1) is 0 Å². The quantitative estimate of drug-likeness (QED) is 0.890. The molecule has 2 amide bonds. The second-order valence-electron chi connectivity index (χ2n) is 6.16. The molecule has 6 nitrogen and oxygen atoms in total. The smallest absolute Gasteiger partial charge is 0.321 e. The van der Waals surface area contributed by atoms with Gasteiger partial charge in [0.05, 0.1) is 6.10 Å². The summed E-state index contributed by atoms with van der Waals surface area (Å²) in [6.45, 7) is 0.357. The van der Waals surface area contributed by atoms with Gasteiger partial charge in [-0.1, -0.05) is 12.1 Å². The zero-order valence-electron chi connectivity index (χ0n) is 13.4. The van der Waals surface area contributed by atoms with Crippen LogP contribution in [0.4, 0.5) is 10.5 Å². The Hall–Kier alpha value is -2.34. The van der Waals surface area contributed by atoms with Gasteiger partial charge in [-0.25, -0.2) is 9.78 Å². The Morgan fingerprint density at radius 3 is 2.96 bits per heavy atom. The fraction of sp³-hybridized carbons (Fsp3) is 0.412. The summed E-state index contributed by atoms with van der Waals surface area (Å²) in [6.07, 6.45) is 5.32. The molecule has 1 aliphatic rings. The van der Waals surface area contributed by atoms with Gasteiger partial charge in [0.2, 0.25) is 0 Å². The van der Waals surface area contributed by atoms with E-state index in [1.165, 1.54) is 4.90 Å². The number of hydrogen-bond acceptors (Lipinski definition) is 3. The maximum atomic E-state index is 12.2. The van der Waals surface area contributed by atoms with Crippen LogP contribution in [0.15, 0.2) is 36.7 Å². The summed E-state index contributed by atoms with van der Waals surface area (Å²) < 4.78 is 1.93. The molecule has 6 heteroatoms. The predicted molar refractivity (Wildman–Crippen MR) is 89.0 cm³/mol. The van der Waals surface area contributed by atoms with Crippen molar-refractivity contribution in [2.75, 3.05) is 18.9 Å². The number of rotatable bonds is 5. The number of benzene rings is 1. The average molecular weight is 314 g/mol. The summed E-state index contributed by atoms with van der Waals surface area (Å²) in [5.74, 6) is 1.20. The summed E-state index contributed by atoms with van der Waals surface area (Å²) in [5, 5.41) is 12.8. The van der Waals surface area contributed by atoms with Crippen molar-refractivity contribution in [2.24, 2.45) is 13.0 Å². The second kappa shape index (κ2) is 6.42. The highest BCUT2D eigenvalue weighted by Gasteiger charge is 2.31. The number of aromatic nitrogens is 2. The molecule has 1 atom stereocenters. The highest BCUT2D eigenvalue weighted by atomic mass is 16.3. The first-order chi connectivity index (χ1) is 11.0. The van der Waals surface area contributed by atoms with E-state index in [2.05, 4.69) is 10.3 Å². The Morgan fingerprint density at radius 1 is 1.52 bits per heavy atom. The molecule has 122 valence electrons. The van der Waals surface area contributed by atoms with Crippen molar-refractivity contribution in [3.63, 3.8) is 0 Å². The monoisotopic (exact) mass is 314 g/mol. The van der Waals surface area contributed by atoms with E-state index in [-0.39, 0.29) is 6.03 Å². The normalized spacial score (nSPS) is 15.3. The lowest BCUT2D eigenvalue weighted by Crippen LogP contribution is -2.38. The number of urea groups is 1. The molecular formula is C17H22N4O2. The van der Waals surface area contributed by atoms with Gasteiger partial charge in [0.15, 0.2) is 0 Å². The lowest BCUT2D eigenvalue weighted by molar-refractivity contribution is 0.117. The fourth-order valence-corrected chi connectivity index (χ4v) is 2.59. The van der Waals surface area contributed by atoms with Gasteiger partial charge in [-0.3, -0.25) is 0 Å². The molecule has 23 heavy (non-hydrogen) atoms. The first kappa shape index (κ1) is 15.6. The van der Waals surface area contributed by atoms with Gasteiger partial charge in [0, 0.05) is 44.3 Å². The zero-order chi connectivity index (χ0) is 16.4. The minimum atomic E-state index is -0.426. The Kier molecular flexibility index (Phi) is 4.34. The number of likely N-dealkylation sites (N-methyl/N-ethyl adjacent to an activating group) is 1. The number of aryl methyl sites for hydroxylation is 1. The Morgan fingerprint density at radius 2 is 2.30 bits per heavy atom. The van der Waals surface area contributed by atoms with Crippen molar-refractivity contribution >= 4 is 11.7 Å². The van der Waals surface area contributed by atoms with Crippen LogP contribution in [0.3, 0.4) is 0 Å². The van der Waals surface area contributed by atoms with E-state index >= 15 is 0 Å². The molecule has 0 saturated heterocycles. The number of hydrogen-bond donors (Lipinski definition) is 2. The van der Waals surface area contributed by atoms with Crippen molar-refractivity contribution < 1.29 is 9.90 Å². The molecule has 1 heterocycles. The summed E-state index contributed by atoms with van der Waals surface area (Å²) in [5.41, 5.74) is 1.65. The van der Waals surface area contributed by atoms with Crippen LogP contribution in [0.5, 0.6) is 0 Å². The lowest BCUT2D eigenvalue weighted by atomic mass is 10.2. The van der Waals surface area contributed by atoms with Crippen molar-refractivity contribution in [2.45, 2.75) is 18.9 Å². The first-order valence-corrected chi connectivity index (χ1v) is 7.82. The van der Waals surface area contributed by atoms with Crippen molar-refractivity contribution in [3.8, 4) is 11.4 Å². The van der Waals surface area contributed by atoms with Crippen molar-refractivity contribution in [3.05, 3.63) is 36.7 Å². The lowest BCUT2D eigenvalue weighted by Gasteiger charge is -2.21. The maximum absolute atomic E-state index is 12.2. The highest BCUT2D eigenvalue weighted by Crippen LogP contribution is 2.32. The van der Waals surface area contributed by atoms with Gasteiger partial charge < -0.3 is 19.9 Å². The van der Waals surface area contributed by atoms with Crippen LogP contribution in [-0.4, -0.2) is 45.3 Å². The zero-order valence-corrected chi connectivity index (χ0v) is 13.4. The molecule has 0 aliphatic heterocycles. The molecule has 1 saturated carbocycles. The van der Waals surface area contributed by atoms with Gasteiger partial charge in [-0.2, -0.15) is 0 Å². The molecule has 0 radical (unpaired) electrons. The topological polar surface area (TPSA) is 70.4 Å². The third-order valence-corrected chi connectivity index (χ3v) is 4.17. The van der Waals surface area contributed by atoms with Crippen LogP contribution in [-0.2, 0) is 7.05 Å². The SMILES string of the molecule is CN(CC(O)C1CC1)C(=O)Nc1cccc(-c2nccn2C)c1. The number of carbonyl (C=O) groups excluding carboxylic acids is 1. The standard InChI is InChI=1S/C17H22N4O2/c1-20-9-8-18-16(20)13-4-3-5-14(10-13)19-17(23)21(2)11-15(22)12-6-7-12/h3-5,8-10,12,15,22H,6-7,11H2,1-2H3,(H,19,23). The molecule has 1 fully saturated rings. The van der Waals surface area contributed by atoms with Crippen LogP contribution < -0.4 is 5.32 Å². The van der Waals surface area contributed by atoms with Crippen LogP contribution in [0.2, 0.25) is 0 Å². The highest BCUT2D eigenvalue weighted by molar-refractivity contribution is 5.89. The van der Waals surface area contributed by atoms with Gasteiger partial charge >= 0.3 is 6.03 Å². The van der Waals surface area contributed by atoms with Gasteiger partial charge in [-0.05, 0) is 30.9 Å². The molecule has 0 spiro atoms. The number of aliphatic hydroxyl groups excluding tert-OH is 1. The molecule has 1 aromatic carbocycles. The molecule has 3 rings (SSSR count). The van der Waals surface area contributed by atoms with Crippen molar-refractivity contribution in [1.29, 1.82) is 0 Å². The van der Waals surface area contributed by atoms with Crippen LogP contribution in [0, 0.1) is 5.92 Å². The third-order valence-electron chi connectivity index (χ3n) is 4.17. The number of nitrogens with one attached hydrogen (secondary N) is 1. The number of anilines is 1. The number of amides is 2. The molecule has 1 aliphatic carbocycles. The van der Waals surface area contributed by atoms with E-state index in [0.29, 0.717) is 18.2 Å². The molecule has 2 N–H and O–H groups in total. The Bertz CT molecular complexity index is 693. The molecule has 1 aromatic heterocycles. The number of nitrogens with zero attached hydrogens (tertiary/aromatic N) is 3. The van der Waals surface area contributed by atoms with Crippen molar-refractivity contribution in [1.82, 2.24) is 14.5 Å². The van der Waals surface area contributed by atoms with Gasteiger partial charge in [0.25, 0.3) is 0 Å². The summed E-state index contributed by atoms with van der Waals surface area (Å²) in [7, 11) is 3.63. The van der Waals surface area contributed by atoms with E-state index in [1.54, 1.807) is 13.2 Å². The van der Waals surface area contributed by atoms with E-state index in [0.717, 1.165) is 24.2 Å².